The van der Waals surface area contributed by atoms with Crippen molar-refractivity contribution in [3.63, 3.8) is 0 Å². The molecule has 2 aromatic rings. The van der Waals surface area contributed by atoms with E-state index in [2.05, 4.69) is 53.7 Å². The lowest BCUT2D eigenvalue weighted by Gasteiger charge is -2.15. The van der Waals surface area contributed by atoms with E-state index in [1.54, 1.807) is 0 Å². The maximum Gasteiger partial charge on any atom is 0.0113 e. The van der Waals surface area contributed by atoms with E-state index in [0.29, 0.717) is 6.04 Å². The van der Waals surface area contributed by atoms with Crippen LogP contribution in [-0.4, -0.2) is 13.1 Å². The van der Waals surface area contributed by atoms with Crippen LogP contribution in [0.2, 0.25) is 0 Å². The largest absolute Gasteiger partial charge is 0.317 e. The van der Waals surface area contributed by atoms with Crippen LogP contribution in [0.1, 0.15) is 18.4 Å². The Balaban J connectivity index is 2.13. The van der Waals surface area contributed by atoms with Crippen LogP contribution < -0.4 is 5.32 Å². The molecule has 0 spiro atoms. The summed E-state index contributed by atoms with van der Waals surface area (Å²) in [7, 11) is 2.00. The molecule has 0 aliphatic rings. The standard InChI is InChI=1S/C17H19N/c1-3-4-9-17(18-2)13-14-10-11-15-7-5-6-8-16(15)12-14/h1,5-8,10-12,17-18H,4,9,13H2,2H3. The topological polar surface area (TPSA) is 12.0 Å². The molecule has 0 amide bonds. The van der Waals surface area contributed by atoms with Crippen LogP contribution in [0.25, 0.3) is 10.8 Å². The van der Waals surface area contributed by atoms with Crippen LogP contribution in [0.4, 0.5) is 0 Å². The fourth-order valence-electron chi connectivity index (χ4n) is 2.26. The molecule has 1 N–H and O–H groups in total. The van der Waals surface area contributed by atoms with Gasteiger partial charge in [-0.15, -0.1) is 12.3 Å². The van der Waals surface area contributed by atoms with E-state index < -0.39 is 0 Å². The first-order chi connectivity index (χ1) is 8.83. The molecule has 18 heavy (non-hydrogen) atoms. The molecule has 1 atom stereocenters. The van der Waals surface area contributed by atoms with Crippen molar-refractivity contribution in [3.05, 3.63) is 48.0 Å². The molecule has 92 valence electrons. The second-order valence-electron chi connectivity index (χ2n) is 4.61. The molecule has 0 bridgehead atoms. The molecule has 0 radical (unpaired) electrons. The molecule has 1 heteroatoms. The van der Waals surface area contributed by atoms with Gasteiger partial charge in [0, 0.05) is 12.5 Å². The lowest BCUT2D eigenvalue weighted by Crippen LogP contribution is -2.27. The van der Waals surface area contributed by atoms with Crippen LogP contribution in [0, 0.1) is 12.3 Å². The Bertz CT molecular complexity index is 551. The van der Waals surface area contributed by atoms with Gasteiger partial charge in [0.05, 0.1) is 0 Å². The van der Waals surface area contributed by atoms with Crippen molar-refractivity contribution in [2.24, 2.45) is 0 Å². The number of rotatable bonds is 5. The molecule has 0 fully saturated rings. The number of nitrogens with one attached hydrogen (secondary N) is 1. The first-order valence-corrected chi connectivity index (χ1v) is 6.42. The SMILES string of the molecule is C#CCCC(Cc1ccc2ccccc2c1)NC. The minimum absolute atomic E-state index is 0.460. The summed E-state index contributed by atoms with van der Waals surface area (Å²) in [5.74, 6) is 2.71. The fraction of sp³-hybridized carbons (Fsp3) is 0.294. The first-order valence-electron chi connectivity index (χ1n) is 6.42. The maximum absolute atomic E-state index is 5.32. The summed E-state index contributed by atoms with van der Waals surface area (Å²) in [6.45, 7) is 0. The van der Waals surface area contributed by atoms with Gasteiger partial charge in [0.15, 0.2) is 0 Å². The zero-order valence-corrected chi connectivity index (χ0v) is 10.8. The predicted molar refractivity (Wildman–Crippen MR) is 78.6 cm³/mol. The Morgan fingerprint density at radius 3 is 2.67 bits per heavy atom. The third-order valence-corrected chi connectivity index (χ3v) is 3.34. The molecule has 0 heterocycles. The summed E-state index contributed by atoms with van der Waals surface area (Å²) in [6, 6.07) is 15.6. The van der Waals surface area contributed by atoms with Gasteiger partial charge in [0.25, 0.3) is 0 Å². The quantitative estimate of drug-likeness (QED) is 0.786. The van der Waals surface area contributed by atoms with Crippen LogP contribution in [0.3, 0.4) is 0 Å². The van der Waals surface area contributed by atoms with Crippen molar-refractivity contribution in [1.82, 2.24) is 5.32 Å². The molecule has 1 unspecified atom stereocenters. The molecule has 0 aromatic heterocycles. The minimum atomic E-state index is 0.460. The van der Waals surface area contributed by atoms with E-state index in [0.717, 1.165) is 19.3 Å². The lowest BCUT2D eigenvalue weighted by molar-refractivity contribution is 0.528. The Labute approximate surface area is 109 Å². The van der Waals surface area contributed by atoms with Gasteiger partial charge in [0.1, 0.15) is 0 Å². The van der Waals surface area contributed by atoms with Gasteiger partial charge in [-0.2, -0.15) is 0 Å². The molecule has 0 saturated carbocycles. The third-order valence-electron chi connectivity index (χ3n) is 3.34. The average Bonchev–Trinajstić information content (AvgIpc) is 2.43. The van der Waals surface area contributed by atoms with Gasteiger partial charge < -0.3 is 5.32 Å². The average molecular weight is 237 g/mol. The summed E-state index contributed by atoms with van der Waals surface area (Å²) >= 11 is 0. The highest BCUT2D eigenvalue weighted by Crippen LogP contribution is 2.17. The Morgan fingerprint density at radius 2 is 1.94 bits per heavy atom. The van der Waals surface area contributed by atoms with E-state index in [4.69, 9.17) is 6.42 Å². The Kier molecular flexibility index (Phi) is 4.39. The Hall–Kier alpha value is -1.78. The summed E-state index contributed by atoms with van der Waals surface area (Å²) in [5.41, 5.74) is 1.37. The Morgan fingerprint density at radius 1 is 1.17 bits per heavy atom. The highest BCUT2D eigenvalue weighted by Gasteiger charge is 2.06. The lowest BCUT2D eigenvalue weighted by atomic mass is 9.99. The van der Waals surface area contributed by atoms with Gasteiger partial charge in [-0.05, 0) is 36.2 Å². The number of hydrogen-bond donors (Lipinski definition) is 1. The van der Waals surface area contributed by atoms with Crippen molar-refractivity contribution in [2.75, 3.05) is 7.05 Å². The van der Waals surface area contributed by atoms with Crippen LogP contribution in [0.15, 0.2) is 42.5 Å². The van der Waals surface area contributed by atoms with E-state index in [9.17, 15) is 0 Å². The monoisotopic (exact) mass is 237 g/mol. The molecule has 2 rings (SSSR count). The number of fused-ring (bicyclic) bond motifs is 1. The van der Waals surface area contributed by atoms with Crippen molar-refractivity contribution in [3.8, 4) is 12.3 Å². The second kappa shape index (κ2) is 6.23. The fourth-order valence-corrected chi connectivity index (χ4v) is 2.26. The zero-order valence-electron chi connectivity index (χ0n) is 10.8. The predicted octanol–water partition coefficient (Wildman–Crippen LogP) is 3.38. The van der Waals surface area contributed by atoms with Crippen LogP contribution >= 0.6 is 0 Å². The molecule has 0 saturated heterocycles. The summed E-state index contributed by atoms with van der Waals surface area (Å²) in [5, 5.41) is 5.94. The zero-order chi connectivity index (χ0) is 12.8. The summed E-state index contributed by atoms with van der Waals surface area (Å²) in [6.07, 6.45) is 8.21. The van der Waals surface area contributed by atoms with Gasteiger partial charge in [-0.25, -0.2) is 0 Å². The summed E-state index contributed by atoms with van der Waals surface area (Å²) in [4.78, 5) is 0. The number of benzene rings is 2. The van der Waals surface area contributed by atoms with Crippen molar-refractivity contribution in [1.29, 1.82) is 0 Å². The van der Waals surface area contributed by atoms with E-state index in [1.807, 2.05) is 7.05 Å². The van der Waals surface area contributed by atoms with Crippen molar-refractivity contribution in [2.45, 2.75) is 25.3 Å². The molecule has 1 nitrogen and oxygen atoms in total. The number of terminal acetylenes is 1. The smallest absolute Gasteiger partial charge is 0.0113 e. The van der Waals surface area contributed by atoms with Crippen LogP contribution in [-0.2, 0) is 6.42 Å². The van der Waals surface area contributed by atoms with Gasteiger partial charge in [-0.1, -0.05) is 42.5 Å². The van der Waals surface area contributed by atoms with Gasteiger partial charge >= 0.3 is 0 Å². The first kappa shape index (κ1) is 12.7. The van der Waals surface area contributed by atoms with Crippen LogP contribution in [0.5, 0.6) is 0 Å². The van der Waals surface area contributed by atoms with Crippen molar-refractivity contribution >= 4 is 10.8 Å². The number of likely N-dealkylation sites (N-methyl/N-ethyl adjacent to an activating group) is 1. The maximum atomic E-state index is 5.32. The normalized spacial score (nSPS) is 12.2. The third kappa shape index (κ3) is 3.12. The van der Waals surface area contributed by atoms with Gasteiger partial charge in [-0.3, -0.25) is 0 Å². The molecular formula is C17H19N. The van der Waals surface area contributed by atoms with E-state index >= 15 is 0 Å². The van der Waals surface area contributed by atoms with Crippen molar-refractivity contribution < 1.29 is 0 Å². The highest BCUT2D eigenvalue weighted by atomic mass is 14.9. The second-order valence-corrected chi connectivity index (χ2v) is 4.61. The molecule has 2 aromatic carbocycles. The molecular weight excluding hydrogens is 218 g/mol. The number of hydrogen-bond acceptors (Lipinski definition) is 1. The van der Waals surface area contributed by atoms with E-state index in [1.165, 1.54) is 16.3 Å². The van der Waals surface area contributed by atoms with E-state index in [-0.39, 0.29) is 0 Å². The minimum Gasteiger partial charge on any atom is -0.317 e. The molecule has 0 aliphatic carbocycles. The highest BCUT2D eigenvalue weighted by molar-refractivity contribution is 5.82. The van der Waals surface area contributed by atoms with Gasteiger partial charge in [0.2, 0.25) is 0 Å². The summed E-state index contributed by atoms with van der Waals surface area (Å²) < 4.78 is 0. The molecule has 0 aliphatic heterocycles.